The SMILES string of the molecule is C#C[C@@](O)([C@H](OC(=O)C(C)C)[C@@H](COP(=O)(N[C@@H](C)C(=O)OC(C)C)Oc1ccccc1)OC)n1ccc(=O)[nH]c1=O. The van der Waals surface area contributed by atoms with Crippen LogP contribution in [0.4, 0.5) is 0 Å². The molecule has 15 heteroatoms. The predicted molar refractivity (Wildman–Crippen MR) is 150 cm³/mol. The van der Waals surface area contributed by atoms with Crippen LogP contribution in [-0.2, 0) is 38.6 Å². The van der Waals surface area contributed by atoms with Crippen molar-refractivity contribution < 1.29 is 42.5 Å². The van der Waals surface area contributed by atoms with E-state index in [1.54, 1.807) is 32.0 Å². The topological polar surface area (TPSA) is 184 Å². The average molecular weight is 610 g/mol. The molecule has 2 aromatic rings. The molecule has 230 valence electrons. The highest BCUT2D eigenvalue weighted by Crippen LogP contribution is 2.45. The van der Waals surface area contributed by atoms with E-state index in [4.69, 9.17) is 29.7 Å². The standard InChI is InChI=1S/C27H36N3O11P/c1-8-27(35,30-15-14-22(31)28-26(30)34)23(40-24(32)17(2)3)21(37-7)16-38-42(36,41-20-12-10-9-11-13-20)29-19(6)25(33)39-18(4)5/h1,9-15,17-19,21,23,35H,16H2,2-7H3,(H,29,36)(H,28,31,34)/t19-,21+,23+,27+,42?/m0/s1. The number of ether oxygens (including phenoxy) is 3. The Morgan fingerprint density at radius 3 is 2.26 bits per heavy atom. The molecule has 1 aromatic carbocycles. The van der Waals surface area contributed by atoms with E-state index in [0.29, 0.717) is 4.57 Å². The van der Waals surface area contributed by atoms with Crippen molar-refractivity contribution in [1.29, 1.82) is 0 Å². The predicted octanol–water partition coefficient (Wildman–Crippen LogP) is 1.53. The molecule has 0 saturated heterocycles. The number of esters is 2. The van der Waals surface area contributed by atoms with Crippen LogP contribution < -0.4 is 20.9 Å². The molecule has 2 rings (SSSR count). The molecular formula is C27H36N3O11P. The molecule has 5 atom stereocenters. The first-order valence-electron chi connectivity index (χ1n) is 12.9. The first kappa shape index (κ1) is 34.5. The number of H-pyrrole nitrogens is 1. The Morgan fingerprint density at radius 1 is 1.10 bits per heavy atom. The van der Waals surface area contributed by atoms with Gasteiger partial charge in [0.15, 0.2) is 6.10 Å². The van der Waals surface area contributed by atoms with E-state index in [1.807, 2.05) is 10.9 Å². The van der Waals surface area contributed by atoms with Gasteiger partial charge in [0.1, 0.15) is 17.9 Å². The van der Waals surface area contributed by atoms with E-state index in [-0.39, 0.29) is 5.75 Å². The summed E-state index contributed by atoms with van der Waals surface area (Å²) in [7, 11) is -3.26. The lowest BCUT2D eigenvalue weighted by Crippen LogP contribution is -2.57. The normalized spacial score (nSPS) is 16.4. The molecule has 14 nitrogen and oxygen atoms in total. The highest BCUT2D eigenvalue weighted by molar-refractivity contribution is 7.52. The Bertz CT molecular complexity index is 1420. The fourth-order valence-electron chi connectivity index (χ4n) is 3.44. The van der Waals surface area contributed by atoms with Crippen LogP contribution in [0.15, 0.2) is 52.2 Å². The summed E-state index contributed by atoms with van der Waals surface area (Å²) in [4.78, 5) is 51.3. The molecule has 1 unspecified atom stereocenters. The van der Waals surface area contributed by atoms with Crippen LogP contribution in [0.25, 0.3) is 0 Å². The molecular weight excluding hydrogens is 573 g/mol. The van der Waals surface area contributed by atoms with Gasteiger partial charge in [0.2, 0.25) is 0 Å². The zero-order chi connectivity index (χ0) is 31.7. The van der Waals surface area contributed by atoms with E-state index in [1.165, 1.54) is 32.9 Å². The summed E-state index contributed by atoms with van der Waals surface area (Å²) in [5.74, 6) is -0.136. The molecule has 3 N–H and O–H groups in total. The van der Waals surface area contributed by atoms with Crippen molar-refractivity contribution in [3.05, 3.63) is 63.4 Å². The number of nitrogens with one attached hydrogen (secondary N) is 2. The van der Waals surface area contributed by atoms with E-state index in [9.17, 15) is 28.8 Å². The number of para-hydroxylation sites is 1. The second kappa shape index (κ2) is 14.9. The van der Waals surface area contributed by atoms with Gasteiger partial charge in [-0.05, 0) is 38.8 Å². The smallest absolute Gasteiger partial charge is 0.459 e. The van der Waals surface area contributed by atoms with Crippen molar-refractivity contribution in [3.63, 3.8) is 0 Å². The van der Waals surface area contributed by atoms with E-state index < -0.39 is 73.5 Å². The largest absolute Gasteiger partial charge is 0.462 e. The van der Waals surface area contributed by atoms with Crippen molar-refractivity contribution in [2.45, 2.75) is 64.7 Å². The maximum Gasteiger partial charge on any atom is 0.459 e. The maximum absolute atomic E-state index is 13.9. The van der Waals surface area contributed by atoms with E-state index in [0.717, 1.165) is 19.4 Å². The third-order valence-electron chi connectivity index (χ3n) is 5.59. The number of carbonyl (C=O) groups is 2. The monoisotopic (exact) mass is 609 g/mol. The average Bonchev–Trinajstić information content (AvgIpc) is 2.92. The van der Waals surface area contributed by atoms with Crippen LogP contribution in [0.2, 0.25) is 0 Å². The Morgan fingerprint density at radius 2 is 1.74 bits per heavy atom. The number of methoxy groups -OCH3 is 1. The van der Waals surface area contributed by atoms with Gasteiger partial charge in [-0.2, -0.15) is 5.09 Å². The van der Waals surface area contributed by atoms with Crippen LogP contribution >= 0.6 is 7.75 Å². The second-order valence-corrected chi connectivity index (χ2v) is 11.4. The molecule has 1 aromatic heterocycles. The third-order valence-corrected chi connectivity index (χ3v) is 7.23. The van der Waals surface area contributed by atoms with Gasteiger partial charge in [0.25, 0.3) is 11.3 Å². The fourth-order valence-corrected chi connectivity index (χ4v) is 4.94. The van der Waals surface area contributed by atoms with Crippen LogP contribution in [0.1, 0.15) is 34.6 Å². The molecule has 0 saturated carbocycles. The van der Waals surface area contributed by atoms with Crippen molar-refractivity contribution in [1.82, 2.24) is 14.6 Å². The summed E-state index contributed by atoms with van der Waals surface area (Å²) in [5, 5.41) is 14.0. The minimum Gasteiger partial charge on any atom is -0.462 e. The summed E-state index contributed by atoms with van der Waals surface area (Å²) < 4.78 is 41.8. The number of hydrogen-bond donors (Lipinski definition) is 3. The maximum atomic E-state index is 13.9. The van der Waals surface area contributed by atoms with Crippen molar-refractivity contribution in [2.24, 2.45) is 5.92 Å². The molecule has 0 aliphatic rings. The van der Waals surface area contributed by atoms with Crippen molar-refractivity contribution >= 4 is 19.7 Å². The van der Waals surface area contributed by atoms with Gasteiger partial charge in [0.05, 0.1) is 18.6 Å². The Kier molecular flexibility index (Phi) is 12.3. The number of carbonyl (C=O) groups excluding carboxylic acids is 2. The number of benzene rings is 1. The lowest BCUT2D eigenvalue weighted by atomic mass is 10.0. The second-order valence-electron chi connectivity index (χ2n) is 9.67. The van der Waals surface area contributed by atoms with Gasteiger partial charge in [-0.15, -0.1) is 6.42 Å². The van der Waals surface area contributed by atoms with Gasteiger partial charge in [-0.3, -0.25) is 28.5 Å². The number of terminal acetylenes is 1. The van der Waals surface area contributed by atoms with E-state index >= 15 is 0 Å². The lowest BCUT2D eigenvalue weighted by Gasteiger charge is -2.37. The van der Waals surface area contributed by atoms with Gasteiger partial charge < -0.3 is 23.8 Å². The lowest BCUT2D eigenvalue weighted by molar-refractivity contribution is -0.196. The number of aromatic nitrogens is 2. The molecule has 0 aliphatic heterocycles. The zero-order valence-electron chi connectivity index (χ0n) is 24.1. The molecule has 0 aliphatic carbocycles. The molecule has 0 bridgehead atoms. The van der Waals surface area contributed by atoms with Crippen LogP contribution in [-0.4, -0.2) is 64.7 Å². The van der Waals surface area contributed by atoms with Gasteiger partial charge in [-0.25, -0.2) is 9.36 Å². The van der Waals surface area contributed by atoms with Crippen molar-refractivity contribution in [3.8, 4) is 18.1 Å². The minimum atomic E-state index is -4.42. The minimum absolute atomic E-state index is 0.120. The summed E-state index contributed by atoms with van der Waals surface area (Å²) >= 11 is 0. The quantitative estimate of drug-likeness (QED) is 0.151. The van der Waals surface area contributed by atoms with Gasteiger partial charge >= 0.3 is 25.4 Å². The Hall–Kier alpha value is -3.73. The number of rotatable bonds is 15. The van der Waals surface area contributed by atoms with Crippen molar-refractivity contribution in [2.75, 3.05) is 13.7 Å². The summed E-state index contributed by atoms with van der Waals surface area (Å²) in [5.41, 5.74) is -4.60. The number of aliphatic hydroxyl groups is 1. The van der Waals surface area contributed by atoms with Crippen LogP contribution in [0, 0.1) is 18.3 Å². The molecule has 0 fully saturated rings. The fraction of sp³-hybridized carbons (Fsp3) is 0.481. The van der Waals surface area contributed by atoms with Gasteiger partial charge in [-0.1, -0.05) is 32.0 Å². The number of nitrogens with zero attached hydrogens (tertiary/aromatic N) is 1. The summed E-state index contributed by atoms with van der Waals surface area (Å²) in [6.45, 7) is 6.99. The van der Waals surface area contributed by atoms with Gasteiger partial charge in [0, 0.05) is 19.4 Å². The number of aromatic amines is 1. The summed E-state index contributed by atoms with van der Waals surface area (Å²) in [6.07, 6.45) is 2.76. The third kappa shape index (κ3) is 9.14. The first-order chi connectivity index (χ1) is 19.7. The summed E-state index contributed by atoms with van der Waals surface area (Å²) in [6, 6.07) is 7.68. The highest BCUT2D eigenvalue weighted by atomic mass is 31.2. The Balaban J connectivity index is 2.50. The molecule has 0 radical (unpaired) electrons. The molecule has 0 amide bonds. The first-order valence-corrected chi connectivity index (χ1v) is 14.4. The number of hydrogen-bond acceptors (Lipinski definition) is 11. The zero-order valence-corrected chi connectivity index (χ0v) is 25.0. The molecule has 42 heavy (non-hydrogen) atoms. The van der Waals surface area contributed by atoms with Crippen LogP contribution in [0.3, 0.4) is 0 Å². The van der Waals surface area contributed by atoms with Crippen LogP contribution in [0.5, 0.6) is 5.75 Å². The Labute approximate surface area is 242 Å². The highest BCUT2D eigenvalue weighted by Gasteiger charge is 2.48. The molecule has 0 spiro atoms. The van der Waals surface area contributed by atoms with E-state index in [2.05, 4.69) is 5.09 Å². The molecule has 1 heterocycles.